The highest BCUT2D eigenvalue weighted by atomic mass is 16.4. The van der Waals surface area contributed by atoms with Crippen LogP contribution in [-0.2, 0) is 4.79 Å². The molecule has 1 rings (SSSR count). The van der Waals surface area contributed by atoms with Gasteiger partial charge in [0.15, 0.2) is 0 Å². The molecule has 0 saturated carbocycles. The van der Waals surface area contributed by atoms with Crippen molar-refractivity contribution in [2.75, 3.05) is 5.32 Å². The molecule has 0 radical (unpaired) electrons. The number of nitrogens with one attached hydrogen (secondary N) is 1. The maximum Gasteiger partial charge on any atom is 0.335 e. The van der Waals surface area contributed by atoms with Crippen molar-refractivity contribution in [3.8, 4) is 0 Å². The molecule has 0 aliphatic rings. The van der Waals surface area contributed by atoms with Crippen molar-refractivity contribution in [1.82, 2.24) is 0 Å². The molecular weight excluding hydrogens is 244 g/mol. The van der Waals surface area contributed by atoms with Gasteiger partial charge in [0.2, 0.25) is 5.91 Å². The van der Waals surface area contributed by atoms with Crippen LogP contribution in [0.4, 0.5) is 5.69 Å². The Kier molecular flexibility index (Phi) is 4.67. The number of aryl methyl sites for hydroxylation is 1. The van der Waals surface area contributed by atoms with Gasteiger partial charge in [0.1, 0.15) is 0 Å². The van der Waals surface area contributed by atoms with Crippen molar-refractivity contribution in [2.45, 2.75) is 39.2 Å². The van der Waals surface area contributed by atoms with E-state index in [2.05, 4.69) is 5.32 Å². The average Bonchev–Trinajstić information content (AvgIpc) is 2.39. The van der Waals surface area contributed by atoms with Crippen LogP contribution < -0.4 is 11.1 Å². The topological polar surface area (TPSA) is 92.4 Å². The number of hydrogen-bond donors (Lipinski definition) is 3. The number of carboxylic acid groups (broad SMARTS) is 1. The van der Waals surface area contributed by atoms with E-state index < -0.39 is 11.5 Å². The second-order valence-corrected chi connectivity index (χ2v) is 4.65. The third-order valence-electron chi connectivity index (χ3n) is 3.45. The lowest BCUT2D eigenvalue weighted by Crippen LogP contribution is -2.50. The Labute approximate surface area is 112 Å². The Balaban J connectivity index is 3.02. The lowest BCUT2D eigenvalue weighted by Gasteiger charge is -2.25. The minimum Gasteiger partial charge on any atom is -0.478 e. The van der Waals surface area contributed by atoms with E-state index in [-0.39, 0.29) is 11.5 Å². The molecule has 0 aliphatic carbocycles. The molecule has 0 aliphatic heterocycles. The van der Waals surface area contributed by atoms with Gasteiger partial charge in [-0.25, -0.2) is 4.79 Å². The van der Waals surface area contributed by atoms with Gasteiger partial charge in [-0.3, -0.25) is 4.79 Å². The first-order chi connectivity index (χ1) is 8.84. The fraction of sp³-hybridized carbons (Fsp3) is 0.429. The summed E-state index contributed by atoms with van der Waals surface area (Å²) >= 11 is 0. The number of carboxylic acids is 1. The molecular formula is C14H20N2O3. The van der Waals surface area contributed by atoms with Gasteiger partial charge >= 0.3 is 5.97 Å². The first-order valence-corrected chi connectivity index (χ1v) is 6.28. The molecule has 1 aromatic rings. The maximum atomic E-state index is 12.1. The lowest BCUT2D eigenvalue weighted by molar-refractivity contribution is -0.121. The van der Waals surface area contributed by atoms with Gasteiger partial charge in [-0.15, -0.1) is 0 Å². The average molecular weight is 264 g/mol. The molecule has 0 saturated heterocycles. The largest absolute Gasteiger partial charge is 0.478 e. The zero-order valence-corrected chi connectivity index (χ0v) is 11.5. The Bertz CT molecular complexity index is 493. The van der Waals surface area contributed by atoms with E-state index in [9.17, 15) is 9.59 Å². The summed E-state index contributed by atoms with van der Waals surface area (Å²) in [4.78, 5) is 23.1. The van der Waals surface area contributed by atoms with Crippen molar-refractivity contribution in [2.24, 2.45) is 5.73 Å². The number of hydrogen-bond acceptors (Lipinski definition) is 3. The van der Waals surface area contributed by atoms with Gasteiger partial charge in [-0.1, -0.05) is 19.9 Å². The van der Waals surface area contributed by atoms with Crippen LogP contribution in [0.25, 0.3) is 0 Å². The van der Waals surface area contributed by atoms with Crippen molar-refractivity contribution in [1.29, 1.82) is 0 Å². The SMILES string of the molecule is CCC(N)(CC)C(=O)Nc1cc(C(=O)O)ccc1C. The molecule has 104 valence electrons. The standard InChI is InChI=1S/C14H20N2O3/c1-4-14(15,5-2)13(19)16-11-8-10(12(17)18)7-6-9(11)3/h6-8H,4-5,15H2,1-3H3,(H,16,19)(H,17,18). The molecule has 0 aromatic heterocycles. The Morgan fingerprint density at radius 3 is 2.37 bits per heavy atom. The lowest BCUT2D eigenvalue weighted by atomic mass is 9.93. The number of amides is 1. The van der Waals surface area contributed by atoms with Crippen LogP contribution in [0.1, 0.15) is 42.6 Å². The summed E-state index contributed by atoms with van der Waals surface area (Å²) in [6.07, 6.45) is 1.04. The predicted octanol–water partition coefficient (Wildman–Crippen LogP) is 2.15. The second kappa shape index (κ2) is 5.84. The number of aromatic carboxylic acids is 1. The summed E-state index contributed by atoms with van der Waals surface area (Å²) in [5, 5.41) is 11.7. The van der Waals surface area contributed by atoms with E-state index in [1.807, 2.05) is 13.8 Å². The van der Waals surface area contributed by atoms with Crippen molar-refractivity contribution in [3.05, 3.63) is 29.3 Å². The predicted molar refractivity (Wildman–Crippen MR) is 74.3 cm³/mol. The number of nitrogens with two attached hydrogens (primary N) is 1. The van der Waals surface area contributed by atoms with Gasteiger partial charge in [-0.2, -0.15) is 0 Å². The first-order valence-electron chi connectivity index (χ1n) is 6.28. The molecule has 0 atom stereocenters. The number of rotatable bonds is 5. The molecule has 5 nitrogen and oxygen atoms in total. The summed E-state index contributed by atoms with van der Waals surface area (Å²) < 4.78 is 0. The van der Waals surface area contributed by atoms with Crippen LogP contribution in [0.5, 0.6) is 0 Å². The van der Waals surface area contributed by atoms with Crippen LogP contribution in [0.15, 0.2) is 18.2 Å². The zero-order valence-electron chi connectivity index (χ0n) is 11.5. The Hall–Kier alpha value is -1.88. The number of benzene rings is 1. The summed E-state index contributed by atoms with van der Waals surface area (Å²) in [5.41, 5.74) is 6.50. The van der Waals surface area contributed by atoms with E-state index >= 15 is 0 Å². The van der Waals surface area contributed by atoms with E-state index in [0.717, 1.165) is 5.56 Å². The summed E-state index contributed by atoms with van der Waals surface area (Å²) in [6.45, 7) is 5.50. The van der Waals surface area contributed by atoms with Gasteiger partial charge in [0, 0.05) is 5.69 Å². The third kappa shape index (κ3) is 3.32. The highest BCUT2D eigenvalue weighted by Crippen LogP contribution is 2.20. The van der Waals surface area contributed by atoms with Crippen LogP contribution >= 0.6 is 0 Å². The number of anilines is 1. The molecule has 4 N–H and O–H groups in total. The molecule has 19 heavy (non-hydrogen) atoms. The molecule has 0 spiro atoms. The van der Waals surface area contributed by atoms with Crippen LogP contribution in [0.3, 0.4) is 0 Å². The monoisotopic (exact) mass is 264 g/mol. The highest BCUT2D eigenvalue weighted by molar-refractivity contribution is 5.99. The van der Waals surface area contributed by atoms with E-state index in [1.54, 1.807) is 13.0 Å². The van der Waals surface area contributed by atoms with E-state index in [0.29, 0.717) is 18.5 Å². The number of carbonyl (C=O) groups excluding carboxylic acids is 1. The molecule has 0 unspecified atom stereocenters. The van der Waals surface area contributed by atoms with Gasteiger partial charge in [0.05, 0.1) is 11.1 Å². The normalized spacial score (nSPS) is 11.2. The Morgan fingerprint density at radius 2 is 1.89 bits per heavy atom. The fourth-order valence-corrected chi connectivity index (χ4v) is 1.71. The maximum absolute atomic E-state index is 12.1. The fourth-order valence-electron chi connectivity index (χ4n) is 1.71. The van der Waals surface area contributed by atoms with E-state index in [4.69, 9.17) is 10.8 Å². The highest BCUT2D eigenvalue weighted by Gasteiger charge is 2.30. The van der Waals surface area contributed by atoms with Gasteiger partial charge in [-0.05, 0) is 37.5 Å². The minimum atomic E-state index is -1.03. The third-order valence-corrected chi connectivity index (χ3v) is 3.45. The quantitative estimate of drug-likeness (QED) is 0.759. The van der Waals surface area contributed by atoms with Crippen molar-refractivity contribution >= 4 is 17.6 Å². The van der Waals surface area contributed by atoms with Crippen molar-refractivity contribution in [3.63, 3.8) is 0 Å². The molecule has 5 heteroatoms. The molecule has 1 aromatic carbocycles. The summed E-state index contributed by atoms with van der Waals surface area (Å²) in [6, 6.07) is 4.61. The molecule has 0 fully saturated rings. The molecule has 0 heterocycles. The van der Waals surface area contributed by atoms with E-state index in [1.165, 1.54) is 12.1 Å². The molecule has 1 amide bonds. The van der Waals surface area contributed by atoms with Crippen LogP contribution in [0, 0.1) is 6.92 Å². The molecule has 0 bridgehead atoms. The van der Waals surface area contributed by atoms with Gasteiger partial charge < -0.3 is 16.2 Å². The second-order valence-electron chi connectivity index (χ2n) is 4.65. The first kappa shape index (κ1) is 15.2. The Morgan fingerprint density at radius 1 is 1.32 bits per heavy atom. The number of carbonyl (C=O) groups is 2. The summed E-state index contributed by atoms with van der Waals surface area (Å²) in [7, 11) is 0. The van der Waals surface area contributed by atoms with Crippen LogP contribution in [0.2, 0.25) is 0 Å². The zero-order chi connectivity index (χ0) is 14.6. The van der Waals surface area contributed by atoms with Gasteiger partial charge in [0.25, 0.3) is 0 Å². The van der Waals surface area contributed by atoms with Crippen LogP contribution in [-0.4, -0.2) is 22.5 Å². The minimum absolute atomic E-state index is 0.136. The van der Waals surface area contributed by atoms with Crippen molar-refractivity contribution < 1.29 is 14.7 Å². The summed E-state index contributed by atoms with van der Waals surface area (Å²) in [5.74, 6) is -1.32. The smallest absolute Gasteiger partial charge is 0.335 e.